The number of ketones is 1. The predicted molar refractivity (Wildman–Crippen MR) is 57.0 cm³/mol. The van der Waals surface area contributed by atoms with Crippen LogP contribution in [-0.4, -0.2) is 23.2 Å². The number of carbonyl (C=O) groups is 1. The molecule has 2 N–H and O–H groups in total. The summed E-state index contributed by atoms with van der Waals surface area (Å²) in [5.41, 5.74) is -0.497. The standard InChI is InChI=1S/C8H3N3O3S.CH4O/c9-4-5-7(11(13)14-10-5)8(12)6-2-1-3-15-6;1-2/h1-3H;2H,1H3/p+1. The highest BCUT2D eigenvalue weighted by Crippen LogP contribution is 2.13. The molecule has 0 aliphatic rings. The number of carbonyl (C=O) groups excluding carboxylic acids is 1. The number of aromatic amines is 1. The summed E-state index contributed by atoms with van der Waals surface area (Å²) < 4.78 is 4.30. The largest absolute Gasteiger partial charge is 0.400 e. The number of nitrogens with one attached hydrogen (secondary N) is 1. The van der Waals surface area contributed by atoms with Gasteiger partial charge in [-0.25, -0.2) is 0 Å². The molecule has 0 bridgehead atoms. The van der Waals surface area contributed by atoms with Crippen molar-refractivity contribution in [1.29, 1.82) is 5.26 Å². The van der Waals surface area contributed by atoms with Crippen LogP contribution in [0.1, 0.15) is 21.1 Å². The molecule has 2 heterocycles. The van der Waals surface area contributed by atoms with Gasteiger partial charge in [0.05, 0.1) is 4.88 Å². The number of aromatic nitrogens is 2. The Bertz CT molecular complexity index is 591. The van der Waals surface area contributed by atoms with E-state index in [0.29, 0.717) is 4.88 Å². The summed E-state index contributed by atoms with van der Waals surface area (Å²) in [5.74, 6) is -0.526. The second-order valence-electron chi connectivity index (χ2n) is 2.59. The van der Waals surface area contributed by atoms with Crippen molar-refractivity contribution in [3.8, 4) is 6.07 Å². The first kappa shape index (κ1) is 12.8. The third-order valence-corrected chi connectivity index (χ3v) is 2.59. The number of H-pyrrole nitrogens is 1. The number of rotatable bonds is 2. The summed E-state index contributed by atoms with van der Waals surface area (Å²) in [6.07, 6.45) is 0. The Morgan fingerprint density at radius 3 is 2.88 bits per heavy atom. The molecule has 88 valence electrons. The maximum absolute atomic E-state index is 11.7. The Hall–Kier alpha value is -2.24. The molecule has 7 nitrogen and oxygen atoms in total. The molecular formula is C9H8N3O4S+. The SMILES string of the molecule is CO.N#Cc1[nH]o[n+](=O)c1C(=O)c1cccs1. The van der Waals surface area contributed by atoms with E-state index in [1.807, 2.05) is 0 Å². The summed E-state index contributed by atoms with van der Waals surface area (Å²) in [6, 6.07) is 4.93. The van der Waals surface area contributed by atoms with Crippen LogP contribution in [0.25, 0.3) is 0 Å². The average Bonchev–Trinajstić information content (AvgIpc) is 2.99. The first-order chi connectivity index (χ1) is 8.24. The van der Waals surface area contributed by atoms with Gasteiger partial charge in [0.15, 0.2) is 10.7 Å². The Morgan fingerprint density at radius 1 is 1.65 bits per heavy atom. The molecule has 0 amide bonds. The van der Waals surface area contributed by atoms with Gasteiger partial charge in [-0.3, -0.25) is 4.79 Å². The minimum Gasteiger partial charge on any atom is -0.400 e. The Kier molecular flexibility index (Phi) is 4.33. The molecule has 8 heteroatoms. The van der Waals surface area contributed by atoms with Crippen molar-refractivity contribution in [2.24, 2.45) is 0 Å². The maximum atomic E-state index is 11.7. The molecule has 0 saturated carbocycles. The number of nitrogens with zero attached hydrogens (tertiary/aromatic N) is 2. The first-order valence-electron chi connectivity index (χ1n) is 4.31. The highest BCUT2D eigenvalue weighted by Gasteiger charge is 2.29. The summed E-state index contributed by atoms with van der Waals surface area (Å²) in [7, 11) is 1.00. The van der Waals surface area contributed by atoms with E-state index >= 15 is 0 Å². The van der Waals surface area contributed by atoms with E-state index in [-0.39, 0.29) is 16.0 Å². The molecule has 0 aromatic carbocycles. The van der Waals surface area contributed by atoms with E-state index in [2.05, 4.69) is 9.79 Å². The van der Waals surface area contributed by atoms with E-state index in [1.54, 1.807) is 23.6 Å². The van der Waals surface area contributed by atoms with Crippen molar-refractivity contribution in [1.82, 2.24) is 5.16 Å². The minimum absolute atomic E-state index is 0.000602. The molecule has 0 radical (unpaired) electrons. The Morgan fingerprint density at radius 2 is 2.35 bits per heavy atom. The first-order valence-corrected chi connectivity index (χ1v) is 5.19. The van der Waals surface area contributed by atoms with Gasteiger partial charge in [-0.2, -0.15) is 5.26 Å². The third-order valence-electron chi connectivity index (χ3n) is 1.72. The van der Waals surface area contributed by atoms with Crippen LogP contribution in [0.2, 0.25) is 0 Å². The van der Waals surface area contributed by atoms with Crippen molar-refractivity contribution in [3.05, 3.63) is 38.7 Å². The summed E-state index contributed by atoms with van der Waals surface area (Å²) in [4.78, 5) is 23.2. The number of aliphatic hydroxyl groups is 1. The van der Waals surface area contributed by atoms with Gasteiger partial charge in [-0.1, -0.05) is 15.9 Å². The van der Waals surface area contributed by atoms with Crippen LogP contribution in [0.15, 0.2) is 22.1 Å². The highest BCUT2D eigenvalue weighted by atomic mass is 32.1. The van der Waals surface area contributed by atoms with Gasteiger partial charge >= 0.3 is 5.69 Å². The molecular weight excluding hydrogens is 246 g/mol. The van der Waals surface area contributed by atoms with E-state index in [4.69, 9.17) is 10.4 Å². The second-order valence-corrected chi connectivity index (χ2v) is 3.54. The molecule has 0 spiro atoms. The van der Waals surface area contributed by atoms with Crippen molar-refractivity contribution in [2.75, 3.05) is 7.11 Å². The lowest BCUT2D eigenvalue weighted by atomic mass is 10.2. The second kappa shape index (κ2) is 5.74. The van der Waals surface area contributed by atoms with Crippen LogP contribution < -0.4 is 4.60 Å². The molecule has 2 aromatic heterocycles. The lowest BCUT2D eigenvalue weighted by Gasteiger charge is -1.84. The minimum atomic E-state index is -0.526. The number of hydrogen-bond acceptors (Lipinski definition) is 6. The molecule has 0 atom stereocenters. The normalized spacial score (nSPS) is 9.00. The topological polar surface area (TPSA) is 113 Å². The van der Waals surface area contributed by atoms with E-state index in [9.17, 15) is 9.70 Å². The molecule has 17 heavy (non-hydrogen) atoms. The van der Waals surface area contributed by atoms with Crippen molar-refractivity contribution < 1.29 is 19.1 Å². The van der Waals surface area contributed by atoms with Crippen LogP contribution in [-0.2, 0) is 0 Å². The van der Waals surface area contributed by atoms with Crippen molar-refractivity contribution in [3.63, 3.8) is 0 Å². The lowest BCUT2D eigenvalue weighted by molar-refractivity contribution is -0.714. The smallest absolute Gasteiger partial charge is 0.331 e. The summed E-state index contributed by atoms with van der Waals surface area (Å²) >= 11 is 1.19. The highest BCUT2D eigenvalue weighted by molar-refractivity contribution is 7.12. The Balaban J connectivity index is 0.000000686. The molecule has 0 saturated heterocycles. The Labute approximate surface area is 99.1 Å². The van der Waals surface area contributed by atoms with Gasteiger partial charge in [-0.15, -0.1) is 11.3 Å². The van der Waals surface area contributed by atoms with E-state index in [1.165, 1.54) is 11.3 Å². The van der Waals surface area contributed by atoms with Crippen molar-refractivity contribution in [2.45, 2.75) is 0 Å². The summed E-state index contributed by atoms with van der Waals surface area (Å²) in [6.45, 7) is 0. The zero-order valence-electron chi connectivity index (χ0n) is 8.71. The number of nitriles is 1. The van der Waals surface area contributed by atoms with Gasteiger partial charge < -0.3 is 5.11 Å². The van der Waals surface area contributed by atoms with Crippen molar-refractivity contribution >= 4 is 17.1 Å². The molecule has 2 aromatic rings. The van der Waals surface area contributed by atoms with Crippen LogP contribution in [0.4, 0.5) is 0 Å². The van der Waals surface area contributed by atoms with Crippen LogP contribution in [0.3, 0.4) is 0 Å². The molecule has 0 aliphatic carbocycles. The predicted octanol–water partition coefficient (Wildman–Crippen LogP) is 0.295. The van der Waals surface area contributed by atoms with E-state index < -0.39 is 5.78 Å². The zero-order chi connectivity index (χ0) is 12.8. The van der Waals surface area contributed by atoms with Gasteiger partial charge in [0, 0.05) is 7.11 Å². The lowest BCUT2D eigenvalue weighted by Crippen LogP contribution is -2.21. The fraction of sp³-hybridized carbons (Fsp3) is 0.111. The van der Waals surface area contributed by atoms with E-state index in [0.717, 1.165) is 7.11 Å². The van der Waals surface area contributed by atoms with Gasteiger partial charge in [0.1, 0.15) is 0 Å². The van der Waals surface area contributed by atoms with Crippen LogP contribution in [0.5, 0.6) is 0 Å². The quantitative estimate of drug-likeness (QED) is 0.748. The monoisotopic (exact) mass is 254 g/mol. The van der Waals surface area contributed by atoms with Gasteiger partial charge in [0.25, 0.3) is 11.5 Å². The maximum Gasteiger partial charge on any atom is 0.331 e. The molecule has 0 aliphatic heterocycles. The molecule has 2 rings (SSSR count). The van der Waals surface area contributed by atoms with Gasteiger partial charge in [-0.05, 0) is 16.4 Å². The zero-order valence-corrected chi connectivity index (χ0v) is 9.52. The van der Waals surface area contributed by atoms with Gasteiger partial charge in [0.2, 0.25) is 0 Å². The number of thiophene rings is 1. The summed E-state index contributed by atoms with van der Waals surface area (Å²) in [5, 5.41) is 19.4. The van der Waals surface area contributed by atoms with Crippen LogP contribution in [0, 0.1) is 16.2 Å². The average molecular weight is 254 g/mol. The third kappa shape index (κ3) is 2.47. The number of aliphatic hydroxyl groups excluding tert-OH is 1. The fourth-order valence-electron chi connectivity index (χ4n) is 1.07. The molecule has 0 fully saturated rings. The number of hydrogen-bond donors (Lipinski definition) is 2. The fourth-order valence-corrected chi connectivity index (χ4v) is 1.73. The molecule has 0 unspecified atom stereocenters. The van der Waals surface area contributed by atoms with Crippen LogP contribution >= 0.6 is 11.3 Å².